The quantitative estimate of drug-likeness (QED) is 0.674. The first-order valence-corrected chi connectivity index (χ1v) is 6.31. The summed E-state index contributed by atoms with van der Waals surface area (Å²) in [7, 11) is 0. The molecule has 0 amide bonds. The van der Waals surface area contributed by atoms with Crippen LogP contribution in [0.5, 0.6) is 0 Å². The highest BCUT2D eigenvalue weighted by Crippen LogP contribution is 2.26. The van der Waals surface area contributed by atoms with E-state index >= 15 is 0 Å². The average Bonchev–Trinajstić information content (AvgIpc) is 2.28. The molecular formula is C13H28O3. The molecule has 3 unspecified atom stereocenters. The molecule has 0 aliphatic heterocycles. The van der Waals surface area contributed by atoms with Crippen LogP contribution in [0.25, 0.3) is 0 Å². The second-order valence-corrected chi connectivity index (χ2v) is 5.18. The van der Waals surface area contributed by atoms with Crippen LogP contribution < -0.4 is 0 Å². The lowest BCUT2D eigenvalue weighted by molar-refractivity contribution is -0.131. The van der Waals surface area contributed by atoms with Gasteiger partial charge in [-0.2, -0.15) is 0 Å². The van der Waals surface area contributed by atoms with Crippen LogP contribution in [0.1, 0.15) is 47.5 Å². The molecule has 98 valence electrons. The van der Waals surface area contributed by atoms with E-state index in [1.165, 1.54) is 0 Å². The molecule has 3 atom stereocenters. The summed E-state index contributed by atoms with van der Waals surface area (Å²) in [5, 5.41) is 18.8. The van der Waals surface area contributed by atoms with Crippen molar-refractivity contribution in [3.63, 3.8) is 0 Å². The number of ether oxygens (including phenoxy) is 1. The molecule has 3 nitrogen and oxygen atoms in total. The van der Waals surface area contributed by atoms with Crippen LogP contribution in [0.3, 0.4) is 0 Å². The van der Waals surface area contributed by atoms with Gasteiger partial charge in [0, 0.05) is 12.5 Å². The standard InChI is InChI=1S/C13H28O3/c1-6-10(3)11(8-14)12(9-15)16-13(4,5)7-2/h10-12,14-15H,6-9H2,1-5H3. The van der Waals surface area contributed by atoms with Crippen molar-refractivity contribution in [1.82, 2.24) is 0 Å². The van der Waals surface area contributed by atoms with Crippen LogP contribution in [0, 0.1) is 11.8 Å². The number of rotatable bonds is 8. The highest BCUT2D eigenvalue weighted by Gasteiger charge is 2.30. The van der Waals surface area contributed by atoms with Crippen molar-refractivity contribution >= 4 is 0 Å². The lowest BCUT2D eigenvalue weighted by atomic mass is 9.87. The fourth-order valence-corrected chi connectivity index (χ4v) is 1.72. The summed E-state index contributed by atoms with van der Waals surface area (Å²) in [5.74, 6) is 0.371. The summed E-state index contributed by atoms with van der Waals surface area (Å²) in [5.41, 5.74) is -0.242. The number of hydrogen-bond donors (Lipinski definition) is 2. The van der Waals surface area contributed by atoms with Gasteiger partial charge < -0.3 is 14.9 Å². The minimum atomic E-state index is -0.269. The molecule has 0 saturated heterocycles. The molecule has 0 aliphatic carbocycles. The molecule has 0 fully saturated rings. The van der Waals surface area contributed by atoms with Crippen LogP contribution in [0.4, 0.5) is 0 Å². The van der Waals surface area contributed by atoms with E-state index in [9.17, 15) is 10.2 Å². The summed E-state index contributed by atoms with van der Waals surface area (Å²) in [6.07, 6.45) is 1.61. The summed E-state index contributed by atoms with van der Waals surface area (Å²) < 4.78 is 5.90. The number of hydrogen-bond acceptors (Lipinski definition) is 3. The molecule has 0 saturated carbocycles. The summed E-state index contributed by atoms with van der Waals surface area (Å²) in [6.45, 7) is 10.3. The second kappa shape index (κ2) is 7.25. The molecule has 0 aliphatic rings. The van der Waals surface area contributed by atoms with E-state index in [2.05, 4.69) is 20.8 Å². The van der Waals surface area contributed by atoms with E-state index in [1.807, 2.05) is 13.8 Å². The summed E-state index contributed by atoms with van der Waals surface area (Å²) >= 11 is 0. The molecule has 0 heterocycles. The van der Waals surface area contributed by atoms with Gasteiger partial charge in [0.05, 0.1) is 18.3 Å². The predicted octanol–water partition coefficient (Wildman–Crippen LogP) is 2.21. The number of aliphatic hydroxyl groups excluding tert-OH is 2. The van der Waals surface area contributed by atoms with Gasteiger partial charge in [-0.05, 0) is 26.2 Å². The number of aliphatic hydroxyl groups is 2. The van der Waals surface area contributed by atoms with Crippen LogP contribution in [-0.2, 0) is 4.74 Å². The van der Waals surface area contributed by atoms with Crippen LogP contribution in [0.2, 0.25) is 0 Å². The SMILES string of the molecule is CCC(C)C(CO)C(CO)OC(C)(C)CC. The maximum absolute atomic E-state index is 9.41. The topological polar surface area (TPSA) is 49.7 Å². The van der Waals surface area contributed by atoms with Gasteiger partial charge in [-0.25, -0.2) is 0 Å². The molecule has 0 rings (SSSR count). The van der Waals surface area contributed by atoms with E-state index < -0.39 is 0 Å². The lowest BCUT2D eigenvalue weighted by Gasteiger charge is -2.35. The zero-order valence-electron chi connectivity index (χ0n) is 11.4. The maximum Gasteiger partial charge on any atom is 0.0865 e. The van der Waals surface area contributed by atoms with Gasteiger partial charge in [0.1, 0.15) is 0 Å². The van der Waals surface area contributed by atoms with Crippen molar-refractivity contribution in [2.45, 2.75) is 59.2 Å². The highest BCUT2D eigenvalue weighted by molar-refractivity contribution is 4.78. The Hall–Kier alpha value is -0.120. The zero-order chi connectivity index (χ0) is 12.8. The van der Waals surface area contributed by atoms with Gasteiger partial charge in [-0.15, -0.1) is 0 Å². The molecular weight excluding hydrogens is 204 g/mol. The molecule has 0 aromatic heterocycles. The molecule has 0 spiro atoms. The van der Waals surface area contributed by atoms with Gasteiger partial charge in [0.25, 0.3) is 0 Å². The first kappa shape index (κ1) is 15.9. The van der Waals surface area contributed by atoms with Crippen molar-refractivity contribution in [2.75, 3.05) is 13.2 Å². The summed E-state index contributed by atoms with van der Waals surface area (Å²) in [4.78, 5) is 0. The van der Waals surface area contributed by atoms with Crippen molar-refractivity contribution in [3.8, 4) is 0 Å². The largest absolute Gasteiger partial charge is 0.396 e. The van der Waals surface area contributed by atoms with Gasteiger partial charge in [0.2, 0.25) is 0 Å². The van der Waals surface area contributed by atoms with Crippen LogP contribution in [-0.4, -0.2) is 35.1 Å². The predicted molar refractivity (Wildman–Crippen MR) is 66.4 cm³/mol. The fourth-order valence-electron chi connectivity index (χ4n) is 1.72. The second-order valence-electron chi connectivity index (χ2n) is 5.18. The Morgan fingerprint density at radius 2 is 1.69 bits per heavy atom. The van der Waals surface area contributed by atoms with Crippen molar-refractivity contribution in [1.29, 1.82) is 0 Å². The smallest absolute Gasteiger partial charge is 0.0865 e. The average molecular weight is 232 g/mol. The van der Waals surface area contributed by atoms with E-state index in [1.54, 1.807) is 0 Å². The Morgan fingerprint density at radius 3 is 2.00 bits per heavy atom. The Kier molecular flexibility index (Phi) is 7.20. The Balaban J connectivity index is 4.56. The van der Waals surface area contributed by atoms with Crippen molar-refractivity contribution in [2.24, 2.45) is 11.8 Å². The summed E-state index contributed by atoms with van der Waals surface area (Å²) in [6, 6.07) is 0. The van der Waals surface area contributed by atoms with Gasteiger partial charge in [-0.1, -0.05) is 27.2 Å². The molecule has 0 aromatic rings. The third kappa shape index (κ3) is 4.81. The first-order valence-electron chi connectivity index (χ1n) is 6.31. The molecule has 0 radical (unpaired) electrons. The van der Waals surface area contributed by atoms with Gasteiger partial charge in [-0.3, -0.25) is 0 Å². The molecule has 16 heavy (non-hydrogen) atoms. The Bertz CT molecular complexity index is 180. The third-order valence-corrected chi connectivity index (χ3v) is 3.57. The van der Waals surface area contributed by atoms with Gasteiger partial charge in [0.15, 0.2) is 0 Å². The van der Waals surface area contributed by atoms with E-state index in [4.69, 9.17) is 4.74 Å². The normalized spacial score (nSPS) is 18.2. The van der Waals surface area contributed by atoms with Crippen molar-refractivity contribution < 1.29 is 14.9 Å². The van der Waals surface area contributed by atoms with Crippen LogP contribution in [0.15, 0.2) is 0 Å². The van der Waals surface area contributed by atoms with E-state index in [0.29, 0.717) is 5.92 Å². The van der Waals surface area contributed by atoms with Crippen LogP contribution >= 0.6 is 0 Å². The lowest BCUT2D eigenvalue weighted by Crippen LogP contribution is -2.40. The Morgan fingerprint density at radius 1 is 1.12 bits per heavy atom. The highest BCUT2D eigenvalue weighted by atomic mass is 16.5. The maximum atomic E-state index is 9.41. The molecule has 0 bridgehead atoms. The molecule has 2 N–H and O–H groups in total. The third-order valence-electron chi connectivity index (χ3n) is 3.57. The minimum Gasteiger partial charge on any atom is -0.396 e. The minimum absolute atomic E-state index is 0.0147. The molecule has 0 aromatic carbocycles. The fraction of sp³-hybridized carbons (Fsp3) is 1.00. The monoisotopic (exact) mass is 232 g/mol. The van der Waals surface area contributed by atoms with Gasteiger partial charge >= 0.3 is 0 Å². The zero-order valence-corrected chi connectivity index (χ0v) is 11.4. The van der Waals surface area contributed by atoms with E-state index in [0.717, 1.165) is 12.8 Å². The van der Waals surface area contributed by atoms with Crippen molar-refractivity contribution in [3.05, 3.63) is 0 Å². The van der Waals surface area contributed by atoms with E-state index in [-0.39, 0.29) is 30.8 Å². The first-order chi connectivity index (χ1) is 7.41. The molecule has 3 heteroatoms. The Labute approximate surface area is 99.8 Å².